The van der Waals surface area contributed by atoms with E-state index in [1.165, 1.54) is 17.0 Å². The van der Waals surface area contributed by atoms with Gasteiger partial charge in [0.2, 0.25) is 5.91 Å². The molecule has 9 heteroatoms. The summed E-state index contributed by atoms with van der Waals surface area (Å²) in [6.07, 6.45) is 4.47. The summed E-state index contributed by atoms with van der Waals surface area (Å²) in [4.78, 5) is 38.4. The van der Waals surface area contributed by atoms with E-state index in [9.17, 15) is 24.8 Å². The summed E-state index contributed by atoms with van der Waals surface area (Å²) in [7, 11) is 0. The number of hydrogen-bond acceptors (Lipinski definition) is 5. The molecule has 2 amide bonds. The lowest BCUT2D eigenvalue weighted by atomic mass is 9.88. The molecule has 0 aromatic heterocycles. The van der Waals surface area contributed by atoms with Gasteiger partial charge in [0, 0.05) is 42.5 Å². The Labute approximate surface area is 197 Å². The second-order valence-corrected chi connectivity index (χ2v) is 8.68. The maximum atomic E-state index is 12.9. The Kier molecular flexibility index (Phi) is 6.54. The number of anilines is 2. The molecule has 3 atom stereocenters. The van der Waals surface area contributed by atoms with Crippen LogP contribution in [0.1, 0.15) is 56.3 Å². The molecule has 34 heavy (non-hydrogen) atoms. The molecule has 2 aliphatic heterocycles. The van der Waals surface area contributed by atoms with E-state index in [1.54, 1.807) is 12.1 Å². The number of nitrogens with zero attached hydrogens (tertiary/aromatic N) is 3. The molecular formula is C25H28N4O5. The Balaban J connectivity index is 1.72. The number of amides is 2. The molecule has 2 aromatic carbocycles. The van der Waals surface area contributed by atoms with Gasteiger partial charge in [-0.2, -0.15) is 0 Å². The Morgan fingerprint density at radius 2 is 1.91 bits per heavy atom. The lowest BCUT2D eigenvalue weighted by molar-refractivity contribution is -0.384. The number of benzene rings is 2. The van der Waals surface area contributed by atoms with Crippen molar-refractivity contribution in [2.24, 2.45) is 0 Å². The van der Waals surface area contributed by atoms with E-state index in [-0.39, 0.29) is 29.7 Å². The first-order valence-electron chi connectivity index (χ1n) is 11.4. The van der Waals surface area contributed by atoms with E-state index in [4.69, 9.17) is 0 Å². The maximum Gasteiger partial charge on any atom is 0.408 e. The van der Waals surface area contributed by atoms with Gasteiger partial charge in [-0.25, -0.2) is 4.79 Å². The minimum absolute atomic E-state index is 0.0123. The number of fused-ring (bicyclic) bond motifs is 1. The molecule has 0 radical (unpaired) electrons. The van der Waals surface area contributed by atoms with Crippen molar-refractivity contribution in [3.05, 3.63) is 75.9 Å². The third kappa shape index (κ3) is 4.46. The molecule has 2 heterocycles. The van der Waals surface area contributed by atoms with Crippen molar-refractivity contribution in [1.29, 1.82) is 0 Å². The lowest BCUT2D eigenvalue weighted by Gasteiger charge is -2.41. The highest BCUT2D eigenvalue weighted by molar-refractivity contribution is 5.95. The van der Waals surface area contributed by atoms with Crippen LogP contribution in [0.15, 0.2) is 54.6 Å². The Morgan fingerprint density at radius 1 is 1.18 bits per heavy atom. The van der Waals surface area contributed by atoms with Crippen LogP contribution in [0.4, 0.5) is 21.9 Å². The van der Waals surface area contributed by atoms with Gasteiger partial charge in [-0.15, -0.1) is 0 Å². The molecule has 0 saturated carbocycles. The fourth-order valence-electron chi connectivity index (χ4n) is 4.85. The number of carbonyl (C=O) groups is 2. The summed E-state index contributed by atoms with van der Waals surface area (Å²) in [5, 5.41) is 24.1. The van der Waals surface area contributed by atoms with Crippen LogP contribution in [0.25, 0.3) is 0 Å². The van der Waals surface area contributed by atoms with Crippen molar-refractivity contribution in [3.8, 4) is 0 Å². The average molecular weight is 465 g/mol. The van der Waals surface area contributed by atoms with E-state index in [0.29, 0.717) is 25.8 Å². The van der Waals surface area contributed by atoms with Gasteiger partial charge in [0.15, 0.2) is 0 Å². The number of non-ortho nitro benzene ring substituents is 1. The van der Waals surface area contributed by atoms with Crippen LogP contribution in [0.2, 0.25) is 0 Å². The van der Waals surface area contributed by atoms with Gasteiger partial charge in [-0.05, 0) is 49.1 Å². The lowest BCUT2D eigenvalue weighted by Crippen LogP contribution is -2.44. The molecule has 2 aromatic rings. The number of carbonyl (C=O) groups excluding carboxylic acids is 1. The van der Waals surface area contributed by atoms with Crippen LogP contribution in [0, 0.1) is 10.1 Å². The third-order valence-corrected chi connectivity index (χ3v) is 6.53. The highest BCUT2D eigenvalue weighted by Gasteiger charge is 2.35. The second kappa shape index (κ2) is 9.54. The first-order valence-corrected chi connectivity index (χ1v) is 11.4. The van der Waals surface area contributed by atoms with E-state index in [1.807, 2.05) is 49.1 Å². The topological polar surface area (TPSA) is 116 Å². The van der Waals surface area contributed by atoms with E-state index in [0.717, 1.165) is 22.5 Å². The number of nitrogens with one attached hydrogen (secondary N) is 1. The van der Waals surface area contributed by atoms with E-state index in [2.05, 4.69) is 5.32 Å². The van der Waals surface area contributed by atoms with Gasteiger partial charge < -0.3 is 15.3 Å². The number of nitro benzene ring substituents is 1. The Morgan fingerprint density at radius 3 is 2.56 bits per heavy atom. The van der Waals surface area contributed by atoms with Crippen molar-refractivity contribution in [1.82, 2.24) is 4.90 Å². The van der Waals surface area contributed by atoms with Gasteiger partial charge in [-0.3, -0.25) is 19.8 Å². The van der Waals surface area contributed by atoms with Gasteiger partial charge in [0.05, 0.1) is 17.0 Å². The molecule has 0 spiro atoms. The molecule has 0 fully saturated rings. The van der Waals surface area contributed by atoms with Crippen molar-refractivity contribution >= 4 is 29.1 Å². The largest absolute Gasteiger partial charge is 0.465 e. The zero-order valence-corrected chi connectivity index (χ0v) is 19.2. The summed E-state index contributed by atoms with van der Waals surface area (Å²) in [6.45, 7) is 4.16. The molecule has 0 aliphatic carbocycles. The predicted molar refractivity (Wildman–Crippen MR) is 129 cm³/mol. The fraction of sp³-hybridized carbons (Fsp3) is 0.360. The van der Waals surface area contributed by atoms with Crippen molar-refractivity contribution in [2.75, 3.05) is 16.8 Å². The van der Waals surface area contributed by atoms with Crippen LogP contribution >= 0.6 is 0 Å². The van der Waals surface area contributed by atoms with Gasteiger partial charge in [0.25, 0.3) is 5.69 Å². The summed E-state index contributed by atoms with van der Waals surface area (Å²) >= 11 is 0. The van der Waals surface area contributed by atoms with Crippen molar-refractivity contribution in [2.45, 2.75) is 51.2 Å². The van der Waals surface area contributed by atoms with Crippen LogP contribution in [0.5, 0.6) is 0 Å². The molecule has 9 nitrogen and oxygen atoms in total. The van der Waals surface area contributed by atoms with Crippen molar-refractivity contribution in [3.63, 3.8) is 0 Å². The quantitative estimate of drug-likeness (QED) is 0.354. The smallest absolute Gasteiger partial charge is 0.408 e. The SMILES string of the molecule is CCC(=O)N1c2cc(C3CC=CCN3C(=O)O)ccc2C(Nc2ccc([N+](=O)[O-])cc2)CC1C. The van der Waals surface area contributed by atoms with Crippen LogP contribution in [0.3, 0.4) is 0 Å². The summed E-state index contributed by atoms with van der Waals surface area (Å²) in [5.41, 5.74) is 3.35. The van der Waals surface area contributed by atoms with E-state index >= 15 is 0 Å². The normalized spacial score (nSPS) is 21.6. The summed E-state index contributed by atoms with van der Waals surface area (Å²) < 4.78 is 0. The monoisotopic (exact) mass is 464 g/mol. The average Bonchev–Trinajstić information content (AvgIpc) is 2.83. The van der Waals surface area contributed by atoms with Gasteiger partial charge >= 0.3 is 6.09 Å². The number of hydrogen-bond donors (Lipinski definition) is 2. The van der Waals surface area contributed by atoms with Crippen LogP contribution in [-0.2, 0) is 4.79 Å². The molecule has 4 rings (SSSR count). The molecule has 0 saturated heterocycles. The van der Waals surface area contributed by atoms with Crippen LogP contribution < -0.4 is 10.2 Å². The minimum atomic E-state index is -0.973. The second-order valence-electron chi connectivity index (χ2n) is 8.68. The molecular weight excluding hydrogens is 436 g/mol. The molecule has 3 unspecified atom stereocenters. The Hall–Kier alpha value is -3.88. The van der Waals surface area contributed by atoms with Crippen LogP contribution in [-0.4, -0.2) is 39.5 Å². The number of carboxylic acid groups (broad SMARTS) is 1. The summed E-state index contributed by atoms with van der Waals surface area (Å²) in [6, 6.07) is 11.6. The predicted octanol–water partition coefficient (Wildman–Crippen LogP) is 5.26. The molecule has 2 N–H and O–H groups in total. The highest BCUT2D eigenvalue weighted by Crippen LogP contribution is 2.42. The molecule has 0 bridgehead atoms. The van der Waals surface area contributed by atoms with Crippen molar-refractivity contribution < 1.29 is 19.6 Å². The minimum Gasteiger partial charge on any atom is -0.465 e. The highest BCUT2D eigenvalue weighted by atomic mass is 16.6. The third-order valence-electron chi connectivity index (χ3n) is 6.53. The van der Waals surface area contributed by atoms with E-state index < -0.39 is 11.0 Å². The standard InChI is InChI=1S/C25H28N4O5/c1-3-24(30)28-16(2)14-21(26-18-8-10-19(11-9-18)29(33)34)20-12-7-17(15-23(20)28)22-6-4-5-13-27(22)25(31)32/h4-5,7-12,15-16,21-22,26H,3,6,13-14H2,1-2H3,(H,31,32). The first kappa shape index (κ1) is 23.3. The summed E-state index contributed by atoms with van der Waals surface area (Å²) in [5.74, 6) is 0.0123. The number of rotatable bonds is 5. The van der Waals surface area contributed by atoms with Gasteiger partial charge in [-0.1, -0.05) is 31.2 Å². The van der Waals surface area contributed by atoms with Gasteiger partial charge in [0.1, 0.15) is 0 Å². The Bertz CT molecular complexity index is 1130. The molecule has 178 valence electrons. The first-order chi connectivity index (χ1) is 16.3. The maximum absolute atomic E-state index is 12.9. The fourth-order valence-corrected chi connectivity index (χ4v) is 4.85. The molecule has 2 aliphatic rings. The zero-order valence-electron chi connectivity index (χ0n) is 19.2. The number of nitro groups is 1. The zero-order chi connectivity index (χ0) is 24.4.